The number of hydrogen-bond donors (Lipinski definition) is 1. The van der Waals surface area contributed by atoms with Crippen LogP contribution in [0.1, 0.15) is 19.4 Å². The number of rotatable bonds is 1. The lowest BCUT2D eigenvalue weighted by Crippen LogP contribution is -2.28. The lowest BCUT2D eigenvalue weighted by molar-refractivity contribution is 0.554. The van der Waals surface area contributed by atoms with Gasteiger partial charge in [0.1, 0.15) is 0 Å². The molecule has 1 aromatic rings. The van der Waals surface area contributed by atoms with E-state index in [-0.39, 0.29) is 17.9 Å². The van der Waals surface area contributed by atoms with E-state index in [9.17, 15) is 0 Å². The van der Waals surface area contributed by atoms with Crippen LogP contribution in [-0.2, 0) is 5.54 Å². The lowest BCUT2D eigenvalue weighted by Gasteiger charge is -2.18. The van der Waals surface area contributed by atoms with Crippen molar-refractivity contribution in [2.24, 2.45) is 5.73 Å². The van der Waals surface area contributed by atoms with Gasteiger partial charge in [-0.3, -0.25) is 0 Å². The van der Waals surface area contributed by atoms with Crippen LogP contribution in [0.2, 0.25) is 0 Å². The maximum Gasteiger partial charge on any atom is 0.0352 e. The first-order valence-electron chi connectivity index (χ1n) is 3.55. The van der Waals surface area contributed by atoms with Gasteiger partial charge in [0, 0.05) is 9.11 Å². The molecule has 1 nitrogen and oxygen atoms in total. The topological polar surface area (TPSA) is 26.0 Å². The van der Waals surface area contributed by atoms with Crippen LogP contribution < -0.4 is 5.73 Å². The number of halogens is 2. The number of hydrogen-bond acceptors (Lipinski definition) is 1. The third kappa shape index (κ3) is 3.29. The first-order chi connectivity index (χ1) is 5.00. The summed E-state index contributed by atoms with van der Waals surface area (Å²) in [6, 6.07) is 8.27. The van der Waals surface area contributed by atoms with Gasteiger partial charge in [0.15, 0.2) is 0 Å². The molecular formula is C9H13ClIN. The van der Waals surface area contributed by atoms with Crippen LogP contribution in [0.25, 0.3) is 0 Å². The Hall–Kier alpha value is 0.200. The van der Waals surface area contributed by atoms with Crippen molar-refractivity contribution in [1.29, 1.82) is 0 Å². The Morgan fingerprint density at radius 3 is 2.25 bits per heavy atom. The molecule has 0 unspecified atom stereocenters. The monoisotopic (exact) mass is 297 g/mol. The first kappa shape index (κ1) is 12.2. The molecular weight excluding hydrogens is 284 g/mol. The molecule has 12 heavy (non-hydrogen) atoms. The maximum atomic E-state index is 5.92. The van der Waals surface area contributed by atoms with Crippen molar-refractivity contribution in [3.63, 3.8) is 0 Å². The summed E-state index contributed by atoms with van der Waals surface area (Å²) in [4.78, 5) is 0. The van der Waals surface area contributed by atoms with Crippen LogP contribution >= 0.6 is 35.0 Å². The highest BCUT2D eigenvalue weighted by atomic mass is 127. The van der Waals surface area contributed by atoms with E-state index in [1.165, 1.54) is 9.13 Å². The molecule has 0 aromatic heterocycles. The molecule has 0 amide bonds. The predicted molar refractivity (Wildman–Crippen MR) is 63.6 cm³/mol. The zero-order chi connectivity index (χ0) is 8.48. The molecule has 0 aliphatic rings. The zero-order valence-electron chi connectivity index (χ0n) is 7.17. The Balaban J connectivity index is 0.00000121. The molecule has 0 saturated carbocycles. The highest BCUT2D eigenvalue weighted by molar-refractivity contribution is 14.1. The fourth-order valence-corrected chi connectivity index (χ4v) is 1.43. The van der Waals surface area contributed by atoms with E-state index in [4.69, 9.17) is 5.73 Å². The second-order valence-corrected chi connectivity index (χ2v) is 4.48. The van der Waals surface area contributed by atoms with Crippen molar-refractivity contribution in [3.05, 3.63) is 33.4 Å². The third-order valence-corrected chi connectivity index (χ3v) is 2.24. The molecule has 0 aliphatic carbocycles. The Kier molecular flexibility index (Phi) is 4.51. The Morgan fingerprint density at radius 1 is 1.33 bits per heavy atom. The smallest absolute Gasteiger partial charge is 0.0352 e. The van der Waals surface area contributed by atoms with E-state index in [1.54, 1.807) is 0 Å². The van der Waals surface area contributed by atoms with Gasteiger partial charge in [-0.1, -0.05) is 12.1 Å². The van der Waals surface area contributed by atoms with Crippen molar-refractivity contribution < 1.29 is 0 Å². The highest BCUT2D eigenvalue weighted by Gasteiger charge is 2.12. The molecule has 2 N–H and O–H groups in total. The van der Waals surface area contributed by atoms with Crippen LogP contribution in [0.4, 0.5) is 0 Å². The molecule has 1 aromatic carbocycles. The minimum Gasteiger partial charge on any atom is -0.322 e. The molecule has 3 heteroatoms. The Labute approximate surface area is 93.3 Å². The summed E-state index contributed by atoms with van der Waals surface area (Å²) < 4.78 is 1.23. The van der Waals surface area contributed by atoms with Crippen LogP contribution in [-0.4, -0.2) is 0 Å². The summed E-state index contributed by atoms with van der Waals surface area (Å²) in [6.07, 6.45) is 0. The highest BCUT2D eigenvalue weighted by Crippen LogP contribution is 2.18. The van der Waals surface area contributed by atoms with E-state index < -0.39 is 0 Å². The van der Waals surface area contributed by atoms with Crippen LogP contribution in [0.5, 0.6) is 0 Å². The quantitative estimate of drug-likeness (QED) is 0.793. The number of nitrogens with two attached hydrogens (primary N) is 1. The molecule has 1 rings (SSSR count). The number of benzene rings is 1. The molecule has 0 heterocycles. The molecule has 68 valence electrons. The van der Waals surface area contributed by atoms with Crippen molar-refractivity contribution >= 4 is 35.0 Å². The average molecular weight is 298 g/mol. The average Bonchev–Trinajstić information content (AvgIpc) is 1.86. The molecule has 0 spiro atoms. The van der Waals surface area contributed by atoms with E-state index in [0.717, 1.165) is 0 Å². The van der Waals surface area contributed by atoms with Gasteiger partial charge in [-0.15, -0.1) is 12.4 Å². The molecule has 0 fully saturated rings. The van der Waals surface area contributed by atoms with Gasteiger partial charge in [0.05, 0.1) is 0 Å². The summed E-state index contributed by atoms with van der Waals surface area (Å²) in [5.74, 6) is 0. The molecule has 0 aliphatic heterocycles. The Bertz CT molecular complexity index is 255. The molecule has 0 radical (unpaired) electrons. The van der Waals surface area contributed by atoms with Gasteiger partial charge >= 0.3 is 0 Å². The van der Waals surface area contributed by atoms with E-state index in [1.807, 2.05) is 19.9 Å². The van der Waals surface area contributed by atoms with E-state index >= 15 is 0 Å². The third-order valence-electron chi connectivity index (χ3n) is 1.57. The van der Waals surface area contributed by atoms with Gasteiger partial charge < -0.3 is 5.73 Å². The van der Waals surface area contributed by atoms with Crippen molar-refractivity contribution in [3.8, 4) is 0 Å². The molecule has 0 saturated heterocycles. The second kappa shape index (κ2) is 4.44. The van der Waals surface area contributed by atoms with Crippen molar-refractivity contribution in [2.45, 2.75) is 19.4 Å². The van der Waals surface area contributed by atoms with Gasteiger partial charge in [-0.25, -0.2) is 0 Å². The van der Waals surface area contributed by atoms with E-state index in [2.05, 4.69) is 40.8 Å². The van der Waals surface area contributed by atoms with Crippen LogP contribution in [0.15, 0.2) is 24.3 Å². The second-order valence-electron chi connectivity index (χ2n) is 3.23. The van der Waals surface area contributed by atoms with Crippen LogP contribution in [0, 0.1) is 3.57 Å². The summed E-state index contributed by atoms with van der Waals surface area (Å²) in [5.41, 5.74) is 6.89. The normalized spacial score (nSPS) is 10.7. The fourth-order valence-electron chi connectivity index (χ4n) is 0.889. The SMILES string of the molecule is CC(C)(N)c1cccc(I)c1.Cl. The summed E-state index contributed by atoms with van der Waals surface area (Å²) >= 11 is 2.29. The van der Waals surface area contributed by atoms with E-state index in [0.29, 0.717) is 0 Å². The largest absolute Gasteiger partial charge is 0.322 e. The summed E-state index contributed by atoms with van der Waals surface area (Å²) in [5, 5.41) is 0. The van der Waals surface area contributed by atoms with Gasteiger partial charge in [-0.2, -0.15) is 0 Å². The fraction of sp³-hybridized carbons (Fsp3) is 0.333. The maximum absolute atomic E-state index is 5.92. The van der Waals surface area contributed by atoms with Gasteiger partial charge in [0.2, 0.25) is 0 Å². The molecule has 0 atom stereocenters. The van der Waals surface area contributed by atoms with Crippen molar-refractivity contribution in [1.82, 2.24) is 0 Å². The van der Waals surface area contributed by atoms with Gasteiger partial charge in [0.25, 0.3) is 0 Å². The lowest BCUT2D eigenvalue weighted by atomic mass is 9.96. The summed E-state index contributed by atoms with van der Waals surface area (Å²) in [7, 11) is 0. The minimum atomic E-state index is -0.221. The zero-order valence-corrected chi connectivity index (χ0v) is 10.1. The molecule has 0 bridgehead atoms. The Morgan fingerprint density at radius 2 is 1.92 bits per heavy atom. The standard InChI is InChI=1S/C9H12IN.ClH/c1-9(2,11)7-4-3-5-8(10)6-7;/h3-6H,11H2,1-2H3;1H. The minimum absolute atomic E-state index is 0. The summed E-state index contributed by atoms with van der Waals surface area (Å²) in [6.45, 7) is 4.02. The van der Waals surface area contributed by atoms with Crippen LogP contribution in [0.3, 0.4) is 0 Å². The predicted octanol–water partition coefficient (Wildman–Crippen LogP) is 2.91. The first-order valence-corrected chi connectivity index (χ1v) is 4.63. The van der Waals surface area contributed by atoms with Crippen molar-refractivity contribution in [2.75, 3.05) is 0 Å². The van der Waals surface area contributed by atoms with Gasteiger partial charge in [-0.05, 0) is 54.1 Å².